The molecular formula is C15H18BNO4. The van der Waals surface area contributed by atoms with E-state index in [1.165, 1.54) is 0 Å². The fourth-order valence-corrected chi connectivity index (χ4v) is 3.50. The summed E-state index contributed by atoms with van der Waals surface area (Å²) < 4.78 is 10.5. The lowest BCUT2D eigenvalue weighted by Gasteiger charge is -2.22. The first-order valence-corrected chi connectivity index (χ1v) is 7.49. The largest absolute Gasteiger partial charge is 0.491 e. The number of hydrogen-bond donors (Lipinski definition) is 2. The van der Waals surface area contributed by atoms with Gasteiger partial charge in [0, 0.05) is 24.8 Å². The van der Waals surface area contributed by atoms with E-state index in [1.807, 2.05) is 6.07 Å². The Hall–Kier alpha value is -1.37. The molecule has 1 aromatic rings. The second-order valence-electron chi connectivity index (χ2n) is 6.28. The van der Waals surface area contributed by atoms with Crippen LogP contribution in [0.2, 0.25) is 0 Å². The molecule has 21 heavy (non-hydrogen) atoms. The first kappa shape index (κ1) is 13.3. The van der Waals surface area contributed by atoms with E-state index in [2.05, 4.69) is 5.32 Å². The second-order valence-corrected chi connectivity index (χ2v) is 6.28. The maximum atomic E-state index is 12.4. The third kappa shape index (κ3) is 2.27. The van der Waals surface area contributed by atoms with Crippen LogP contribution < -0.4 is 10.8 Å². The molecule has 1 aliphatic carbocycles. The van der Waals surface area contributed by atoms with Gasteiger partial charge in [0.2, 0.25) is 0 Å². The van der Waals surface area contributed by atoms with Gasteiger partial charge in [0.15, 0.2) is 0 Å². The molecule has 0 bridgehead atoms. The molecule has 5 nitrogen and oxygen atoms in total. The number of amides is 1. The zero-order valence-corrected chi connectivity index (χ0v) is 11.8. The Morgan fingerprint density at radius 2 is 2.19 bits per heavy atom. The summed E-state index contributed by atoms with van der Waals surface area (Å²) in [5.41, 5.74) is 2.58. The van der Waals surface area contributed by atoms with Crippen LogP contribution in [-0.2, 0) is 16.0 Å². The maximum Gasteiger partial charge on any atom is 0.491 e. The zero-order valence-electron chi connectivity index (χ0n) is 11.8. The van der Waals surface area contributed by atoms with Crippen LogP contribution in [0.1, 0.15) is 35.2 Å². The van der Waals surface area contributed by atoms with Crippen molar-refractivity contribution in [1.82, 2.24) is 5.32 Å². The Bertz CT molecular complexity index is 585. The number of rotatable bonds is 2. The molecule has 1 unspecified atom stereocenters. The number of hydrogen-bond acceptors (Lipinski definition) is 4. The van der Waals surface area contributed by atoms with Crippen molar-refractivity contribution in [3.8, 4) is 0 Å². The molecule has 3 aliphatic rings. The summed E-state index contributed by atoms with van der Waals surface area (Å²) in [5, 5.41) is 12.7. The van der Waals surface area contributed by atoms with Crippen LogP contribution in [0.15, 0.2) is 18.2 Å². The zero-order chi connectivity index (χ0) is 14.4. The van der Waals surface area contributed by atoms with E-state index in [0.29, 0.717) is 12.2 Å². The molecule has 0 aromatic heterocycles. The van der Waals surface area contributed by atoms with Crippen molar-refractivity contribution < 1.29 is 19.2 Å². The standard InChI is InChI=1S/C15H18BNO4/c18-14(17-13-8-15(13)3-5-20-6-4-15)10-1-2-12-11(7-10)9-21-16(12)19/h1-2,7,13,19H,3-6,8-9H2,(H,17,18). The fraction of sp³-hybridized carbons (Fsp3) is 0.533. The van der Waals surface area contributed by atoms with Crippen molar-refractivity contribution >= 4 is 18.5 Å². The highest BCUT2D eigenvalue weighted by Gasteiger charge is 2.55. The lowest BCUT2D eigenvalue weighted by Crippen LogP contribution is -2.33. The molecule has 2 heterocycles. The van der Waals surface area contributed by atoms with E-state index in [0.717, 1.165) is 43.5 Å². The van der Waals surface area contributed by atoms with E-state index >= 15 is 0 Å². The monoisotopic (exact) mass is 287 g/mol. The lowest BCUT2D eigenvalue weighted by atomic mass is 9.79. The van der Waals surface area contributed by atoms with Crippen LogP contribution in [0.25, 0.3) is 0 Å². The molecule has 4 rings (SSSR count). The highest BCUT2D eigenvalue weighted by atomic mass is 16.5. The number of carbonyl (C=O) groups excluding carboxylic acids is 1. The molecule has 2 aliphatic heterocycles. The predicted molar refractivity (Wildman–Crippen MR) is 77.2 cm³/mol. The van der Waals surface area contributed by atoms with Gasteiger partial charge in [0.05, 0.1) is 6.61 Å². The van der Waals surface area contributed by atoms with Gasteiger partial charge in [-0.2, -0.15) is 0 Å². The van der Waals surface area contributed by atoms with Crippen molar-refractivity contribution in [3.05, 3.63) is 29.3 Å². The first-order chi connectivity index (χ1) is 10.2. The third-order valence-corrected chi connectivity index (χ3v) is 5.05. The molecule has 1 saturated heterocycles. The minimum absolute atomic E-state index is 0.0347. The van der Waals surface area contributed by atoms with Gasteiger partial charge in [-0.1, -0.05) is 6.07 Å². The molecule has 6 heteroatoms. The van der Waals surface area contributed by atoms with E-state index in [1.54, 1.807) is 12.1 Å². The fourth-order valence-electron chi connectivity index (χ4n) is 3.50. The Kier molecular flexibility index (Phi) is 3.06. The number of nitrogens with one attached hydrogen (secondary N) is 1. The molecule has 1 aromatic carbocycles. The summed E-state index contributed by atoms with van der Waals surface area (Å²) in [7, 11) is -0.856. The quantitative estimate of drug-likeness (QED) is 0.763. The molecule has 2 N–H and O–H groups in total. The van der Waals surface area contributed by atoms with Gasteiger partial charge in [-0.15, -0.1) is 0 Å². The molecule has 1 saturated carbocycles. The van der Waals surface area contributed by atoms with Crippen molar-refractivity contribution in [2.24, 2.45) is 5.41 Å². The summed E-state index contributed by atoms with van der Waals surface area (Å²) in [4.78, 5) is 12.4. The number of ether oxygens (including phenoxy) is 1. The Morgan fingerprint density at radius 1 is 1.38 bits per heavy atom. The van der Waals surface area contributed by atoms with Crippen molar-refractivity contribution in [1.29, 1.82) is 0 Å². The Labute approximate surface area is 123 Å². The Balaban J connectivity index is 1.44. The SMILES string of the molecule is O=C(NC1CC12CCOCC2)c1ccc2c(c1)COB2O. The van der Waals surface area contributed by atoms with Crippen LogP contribution in [-0.4, -0.2) is 37.3 Å². The summed E-state index contributed by atoms with van der Waals surface area (Å²) in [6.45, 7) is 1.98. The van der Waals surface area contributed by atoms with Crippen LogP contribution >= 0.6 is 0 Å². The highest BCUT2D eigenvalue weighted by Crippen LogP contribution is 2.53. The molecular weight excluding hydrogens is 269 g/mol. The van der Waals surface area contributed by atoms with Gasteiger partial charge < -0.3 is 19.7 Å². The molecule has 2 fully saturated rings. The minimum atomic E-state index is -0.856. The van der Waals surface area contributed by atoms with E-state index in [9.17, 15) is 9.82 Å². The van der Waals surface area contributed by atoms with Gasteiger partial charge in [0.25, 0.3) is 5.91 Å². The van der Waals surface area contributed by atoms with Crippen molar-refractivity contribution in [3.63, 3.8) is 0 Å². The van der Waals surface area contributed by atoms with Crippen LogP contribution in [0, 0.1) is 5.41 Å². The predicted octanol–water partition coefficient (Wildman–Crippen LogP) is 0.203. The number of benzene rings is 1. The average Bonchev–Trinajstić information content (AvgIpc) is 3.00. The molecule has 0 radical (unpaired) electrons. The maximum absolute atomic E-state index is 12.4. The first-order valence-electron chi connectivity index (χ1n) is 7.49. The highest BCUT2D eigenvalue weighted by molar-refractivity contribution is 6.61. The van der Waals surface area contributed by atoms with Crippen LogP contribution in [0.4, 0.5) is 0 Å². The lowest BCUT2D eigenvalue weighted by molar-refractivity contribution is 0.0535. The van der Waals surface area contributed by atoms with Crippen molar-refractivity contribution in [2.75, 3.05) is 13.2 Å². The molecule has 1 amide bonds. The molecule has 1 spiro atoms. The number of carbonyl (C=O) groups is 1. The Morgan fingerprint density at radius 3 is 3.00 bits per heavy atom. The van der Waals surface area contributed by atoms with E-state index in [4.69, 9.17) is 9.39 Å². The summed E-state index contributed by atoms with van der Waals surface area (Å²) >= 11 is 0. The van der Waals surface area contributed by atoms with Gasteiger partial charge in [-0.05, 0) is 47.8 Å². The van der Waals surface area contributed by atoms with Gasteiger partial charge >= 0.3 is 7.12 Å². The topological polar surface area (TPSA) is 67.8 Å². The minimum Gasteiger partial charge on any atom is -0.423 e. The summed E-state index contributed by atoms with van der Waals surface area (Å²) in [5.74, 6) is -0.0347. The smallest absolute Gasteiger partial charge is 0.423 e. The third-order valence-electron chi connectivity index (χ3n) is 5.05. The van der Waals surface area contributed by atoms with Gasteiger partial charge in [-0.3, -0.25) is 4.79 Å². The summed E-state index contributed by atoms with van der Waals surface area (Å²) in [6.07, 6.45) is 3.15. The van der Waals surface area contributed by atoms with Gasteiger partial charge in [-0.25, -0.2) is 0 Å². The average molecular weight is 287 g/mol. The number of fused-ring (bicyclic) bond motifs is 1. The van der Waals surface area contributed by atoms with Crippen LogP contribution in [0.5, 0.6) is 0 Å². The molecule has 110 valence electrons. The van der Waals surface area contributed by atoms with Crippen LogP contribution in [0.3, 0.4) is 0 Å². The normalized spacial score (nSPS) is 25.8. The second kappa shape index (κ2) is 4.83. The molecule has 1 atom stereocenters. The van der Waals surface area contributed by atoms with E-state index < -0.39 is 7.12 Å². The van der Waals surface area contributed by atoms with Gasteiger partial charge in [0.1, 0.15) is 0 Å². The summed E-state index contributed by atoms with van der Waals surface area (Å²) in [6, 6.07) is 5.63. The van der Waals surface area contributed by atoms with E-state index in [-0.39, 0.29) is 17.4 Å². The van der Waals surface area contributed by atoms with Crippen molar-refractivity contribution in [2.45, 2.75) is 31.9 Å².